The van der Waals surface area contributed by atoms with Gasteiger partial charge in [0.25, 0.3) is 0 Å². The molecule has 52 heavy (non-hydrogen) atoms. The molecule has 270 valence electrons. The molecule has 0 fully saturated rings. The van der Waals surface area contributed by atoms with Gasteiger partial charge in [-0.15, -0.1) is 0 Å². The molecule has 0 unspecified atom stereocenters. The molecular weight excluding hydrogens is 685 g/mol. The van der Waals surface area contributed by atoms with Gasteiger partial charge in [0, 0.05) is 88.1 Å². The highest BCUT2D eigenvalue weighted by Crippen LogP contribution is 2.29. The molecule has 5 rings (SSSR count). The monoisotopic (exact) mass is 733 g/mol. The van der Waals surface area contributed by atoms with Crippen LogP contribution in [0.2, 0.25) is 0 Å². The van der Waals surface area contributed by atoms with Crippen LogP contribution in [-0.2, 0) is 29.7 Å². The van der Waals surface area contributed by atoms with Crippen molar-refractivity contribution in [2.45, 2.75) is 33.9 Å². The number of nitrogens with zero attached hydrogens (tertiary/aromatic N) is 3. The smallest absolute Gasteiger partial charge is 0.239 e. The number of hydrogen-bond donors (Lipinski definition) is 3. The summed E-state index contributed by atoms with van der Waals surface area (Å²) in [4.78, 5) is 26.0. The number of benzene rings is 2. The van der Waals surface area contributed by atoms with Crippen LogP contribution in [0.15, 0.2) is 103 Å². The summed E-state index contributed by atoms with van der Waals surface area (Å²) in [6.45, 7) is 7.86. The second-order valence-corrected chi connectivity index (χ2v) is 15.1. The molecule has 0 atom stereocenters. The molecule has 0 aliphatic heterocycles. The molecule has 0 saturated heterocycles. The first-order valence-corrected chi connectivity index (χ1v) is 20.0. The van der Waals surface area contributed by atoms with Crippen molar-refractivity contribution in [3.8, 4) is 0 Å². The average molecular weight is 734 g/mol. The van der Waals surface area contributed by atoms with E-state index in [1.165, 1.54) is 0 Å². The third-order valence-corrected chi connectivity index (χ3v) is 11.3. The lowest BCUT2D eigenvalue weighted by Gasteiger charge is -2.10. The molecular formula is C42H49N6O2S2+. The highest BCUT2D eigenvalue weighted by molar-refractivity contribution is 8.76. The minimum atomic E-state index is -0.0101. The summed E-state index contributed by atoms with van der Waals surface area (Å²) < 4.78 is 6.20. The zero-order chi connectivity index (χ0) is 36.9. The predicted molar refractivity (Wildman–Crippen MR) is 222 cm³/mol. The molecule has 0 saturated carbocycles. The normalized spacial score (nSPS) is 12.2. The zero-order valence-corrected chi connectivity index (χ0v) is 32.3. The molecule has 5 aromatic rings. The Morgan fingerprint density at radius 1 is 0.731 bits per heavy atom. The van der Waals surface area contributed by atoms with Gasteiger partial charge in [-0.2, -0.15) is 0 Å². The Labute approximate surface area is 315 Å². The molecule has 0 spiro atoms. The Hall–Kier alpha value is -4.93. The summed E-state index contributed by atoms with van der Waals surface area (Å²) in [5.74, 6) is 1.54. The molecule has 0 aliphatic carbocycles. The number of fused-ring (bicyclic) bond motifs is 2. The van der Waals surface area contributed by atoms with Gasteiger partial charge in [0.15, 0.2) is 12.4 Å². The maximum atomic E-state index is 13.0. The maximum Gasteiger partial charge on any atom is 0.239 e. The fraction of sp³-hybridized carbons (Fsp3) is 0.262. The molecule has 0 bridgehead atoms. The minimum Gasteiger partial charge on any atom is -0.394 e. The number of nitrogens with one attached hydrogen (secondary N) is 3. The number of aryl methyl sites for hydroxylation is 1. The second kappa shape index (κ2) is 19.1. The number of carbonyl (C=O) groups is 2. The van der Waals surface area contributed by atoms with E-state index in [1.807, 2.05) is 74.5 Å². The highest BCUT2D eigenvalue weighted by atomic mass is 33.1. The lowest BCUT2D eigenvalue weighted by Crippen LogP contribution is -2.30. The summed E-state index contributed by atoms with van der Waals surface area (Å²) >= 11 is 0. The van der Waals surface area contributed by atoms with Gasteiger partial charge in [-0.1, -0.05) is 88.4 Å². The van der Waals surface area contributed by atoms with Gasteiger partial charge in [0.1, 0.15) is 20.1 Å². The van der Waals surface area contributed by atoms with E-state index >= 15 is 0 Å². The van der Waals surface area contributed by atoms with E-state index in [1.54, 1.807) is 21.6 Å². The van der Waals surface area contributed by atoms with Gasteiger partial charge < -0.3 is 25.1 Å². The van der Waals surface area contributed by atoms with Crippen molar-refractivity contribution in [1.82, 2.24) is 25.1 Å². The van der Waals surface area contributed by atoms with E-state index in [9.17, 15) is 9.59 Å². The first kappa shape index (κ1) is 38.3. The van der Waals surface area contributed by atoms with E-state index in [0.717, 1.165) is 67.0 Å². The molecule has 3 aromatic heterocycles. The summed E-state index contributed by atoms with van der Waals surface area (Å²) in [5, 5.41) is 11.5. The van der Waals surface area contributed by atoms with Crippen LogP contribution < -0.4 is 20.5 Å². The summed E-state index contributed by atoms with van der Waals surface area (Å²) in [7, 11) is 7.29. The largest absolute Gasteiger partial charge is 0.394 e. The van der Waals surface area contributed by atoms with Crippen LogP contribution in [0.5, 0.6) is 0 Å². The first-order chi connectivity index (χ1) is 25.3. The topological polar surface area (TPSA) is 84.0 Å². The molecule has 3 N–H and O–H groups in total. The molecule has 0 aliphatic rings. The first-order valence-electron chi connectivity index (χ1n) is 17.6. The van der Waals surface area contributed by atoms with Crippen molar-refractivity contribution in [3.05, 3.63) is 131 Å². The average Bonchev–Trinajstić information content (AvgIpc) is 3.57. The quantitative estimate of drug-likeness (QED) is 0.0407. The fourth-order valence-corrected chi connectivity index (χ4v) is 7.95. The third kappa shape index (κ3) is 9.89. The van der Waals surface area contributed by atoms with Crippen molar-refractivity contribution >= 4 is 73.4 Å². The van der Waals surface area contributed by atoms with Crippen LogP contribution >= 0.6 is 21.6 Å². The molecule has 2 aromatic carbocycles. The zero-order valence-electron chi connectivity index (χ0n) is 30.7. The van der Waals surface area contributed by atoms with Crippen molar-refractivity contribution < 1.29 is 14.2 Å². The lowest BCUT2D eigenvalue weighted by molar-refractivity contribution is -0.671. The van der Waals surface area contributed by atoms with Crippen molar-refractivity contribution in [2.75, 3.05) is 31.6 Å². The van der Waals surface area contributed by atoms with E-state index in [2.05, 4.69) is 106 Å². The molecule has 0 radical (unpaired) electrons. The van der Waals surface area contributed by atoms with Crippen LogP contribution in [-0.4, -0.2) is 52.6 Å². The molecule has 10 heteroatoms. The van der Waals surface area contributed by atoms with E-state index in [4.69, 9.17) is 0 Å². The van der Waals surface area contributed by atoms with E-state index in [-0.39, 0.29) is 24.9 Å². The number of para-hydroxylation sites is 2. The van der Waals surface area contributed by atoms with Gasteiger partial charge in [-0.05, 0) is 56.3 Å². The van der Waals surface area contributed by atoms with Crippen LogP contribution in [0.1, 0.15) is 35.0 Å². The van der Waals surface area contributed by atoms with Crippen LogP contribution in [0, 0.1) is 13.8 Å². The minimum absolute atomic E-state index is 0.00724. The van der Waals surface area contributed by atoms with Crippen LogP contribution in [0.4, 0.5) is 0 Å². The number of pyridine rings is 1. The third-order valence-electron chi connectivity index (χ3n) is 8.93. The standard InChI is InChI=1S/C42H48N6O2S2/c1-6-33(19-22-43-4)15-17-35-31(2)47(39-13-9-7-11-37(35)39)29-41(49)44-23-27-51-52-28-24-45-42(50)30-48-32(3)36(38-12-8-10-14-40(38)48)18-16-34-20-25-46(5)26-21-34/h6-22,25-26,43H,23-24,27-30H2,1-5H3,(H-,44,45,49,50)/p+1/b17-15+,22-19-,33-6-. The second-order valence-electron chi connectivity index (χ2n) is 12.4. The number of amides is 2. The Kier molecular flexibility index (Phi) is 14.0. The van der Waals surface area contributed by atoms with Crippen molar-refractivity contribution in [2.24, 2.45) is 7.05 Å². The molecule has 3 heterocycles. The number of carbonyl (C=O) groups excluding carboxylic acids is 2. The summed E-state index contributed by atoms with van der Waals surface area (Å²) in [6.07, 6.45) is 18.5. The Balaban J connectivity index is 1.05. The van der Waals surface area contributed by atoms with Crippen molar-refractivity contribution in [1.29, 1.82) is 0 Å². The Morgan fingerprint density at radius 3 is 1.77 bits per heavy atom. The maximum absolute atomic E-state index is 13.0. The Morgan fingerprint density at radius 2 is 1.25 bits per heavy atom. The molecule has 2 amide bonds. The summed E-state index contributed by atoms with van der Waals surface area (Å²) in [5.41, 5.74) is 8.68. The van der Waals surface area contributed by atoms with Gasteiger partial charge in [0.05, 0.1) is 0 Å². The SMILES string of the molecule is C/C=C(\C=C/NC)/C=C/c1c(C)n(CC(=O)NCCSSCCNC(=O)Cn2c(C)c(/C=C/c3cc[n+](C)cc3)c3ccccc32)c2ccccc12. The number of aromatic nitrogens is 3. The van der Waals surface area contributed by atoms with Gasteiger partial charge in [0.2, 0.25) is 11.8 Å². The number of rotatable bonds is 17. The fourth-order valence-electron chi connectivity index (χ4n) is 6.14. The Bertz CT molecular complexity index is 2120. The van der Waals surface area contributed by atoms with E-state index in [0.29, 0.717) is 13.1 Å². The van der Waals surface area contributed by atoms with Crippen LogP contribution in [0.3, 0.4) is 0 Å². The van der Waals surface area contributed by atoms with E-state index < -0.39 is 0 Å². The highest BCUT2D eigenvalue weighted by Gasteiger charge is 2.16. The lowest BCUT2D eigenvalue weighted by atomic mass is 10.1. The number of allylic oxidation sites excluding steroid dienone is 4. The van der Waals surface area contributed by atoms with Gasteiger partial charge in [-0.3, -0.25) is 9.59 Å². The van der Waals surface area contributed by atoms with Gasteiger partial charge >= 0.3 is 0 Å². The van der Waals surface area contributed by atoms with Crippen molar-refractivity contribution in [3.63, 3.8) is 0 Å². The van der Waals surface area contributed by atoms with Crippen LogP contribution in [0.25, 0.3) is 40.0 Å². The van der Waals surface area contributed by atoms with Gasteiger partial charge in [-0.25, -0.2) is 4.57 Å². The predicted octanol–water partition coefficient (Wildman–Crippen LogP) is 7.21. The molecule has 8 nitrogen and oxygen atoms in total. The summed E-state index contributed by atoms with van der Waals surface area (Å²) in [6, 6.07) is 20.6. The number of hydrogen-bond acceptors (Lipinski definition) is 5.